The predicted octanol–water partition coefficient (Wildman–Crippen LogP) is 4.66. The molecule has 0 saturated heterocycles. The Morgan fingerprint density at radius 3 is 2.44 bits per heavy atom. The average Bonchev–Trinajstić information content (AvgIpc) is 2.26. The molecule has 0 aliphatic carbocycles. The quantitative estimate of drug-likeness (QED) is 0.714. The molecule has 1 nitrogen and oxygen atoms in total. The van der Waals surface area contributed by atoms with E-state index in [-0.39, 0.29) is 6.10 Å². The van der Waals surface area contributed by atoms with Crippen molar-refractivity contribution in [3.63, 3.8) is 0 Å². The van der Waals surface area contributed by atoms with E-state index in [0.29, 0.717) is 0 Å². The van der Waals surface area contributed by atoms with Gasteiger partial charge in [-0.15, -0.1) is 0 Å². The highest BCUT2D eigenvalue weighted by Crippen LogP contribution is 2.19. The summed E-state index contributed by atoms with van der Waals surface area (Å²) < 4.78 is 5.60. The van der Waals surface area contributed by atoms with Crippen LogP contribution in [0.3, 0.4) is 0 Å². The number of hydrogen-bond acceptors (Lipinski definition) is 1. The van der Waals surface area contributed by atoms with Crippen molar-refractivity contribution in [2.45, 2.75) is 33.3 Å². The van der Waals surface area contributed by atoms with E-state index < -0.39 is 0 Å². The first-order valence-corrected chi connectivity index (χ1v) is 6.75. The van der Waals surface area contributed by atoms with Crippen LogP contribution in [-0.4, -0.2) is 11.4 Å². The smallest absolute Gasteiger partial charge is 0.119 e. The Morgan fingerprint density at radius 2 is 1.94 bits per heavy atom. The molecule has 0 atom stereocenters. The van der Waals surface area contributed by atoms with Gasteiger partial charge >= 0.3 is 0 Å². The molecule has 0 aromatic heterocycles. The van der Waals surface area contributed by atoms with Crippen molar-refractivity contribution < 1.29 is 4.74 Å². The van der Waals surface area contributed by atoms with Gasteiger partial charge in [-0.05, 0) is 50.5 Å². The highest BCUT2D eigenvalue weighted by atomic mass is 79.9. The molecule has 1 aromatic carbocycles. The lowest BCUT2D eigenvalue weighted by Gasteiger charge is -2.10. The number of alkyl halides is 1. The van der Waals surface area contributed by atoms with Gasteiger partial charge in [0.15, 0.2) is 0 Å². The van der Waals surface area contributed by atoms with Gasteiger partial charge < -0.3 is 4.74 Å². The first-order valence-electron chi connectivity index (χ1n) is 5.63. The summed E-state index contributed by atoms with van der Waals surface area (Å²) in [5.41, 5.74) is 2.58. The minimum Gasteiger partial charge on any atom is -0.491 e. The van der Waals surface area contributed by atoms with Crippen LogP contribution in [0, 0.1) is 0 Å². The summed E-state index contributed by atoms with van der Waals surface area (Å²) in [5, 5.41) is 1.01. The topological polar surface area (TPSA) is 9.23 Å². The maximum Gasteiger partial charge on any atom is 0.119 e. The van der Waals surface area contributed by atoms with E-state index in [4.69, 9.17) is 4.74 Å². The fourth-order valence-electron chi connectivity index (χ4n) is 1.46. The van der Waals surface area contributed by atoms with Crippen molar-refractivity contribution >= 4 is 21.5 Å². The third-order valence-corrected chi connectivity index (χ3v) is 2.70. The van der Waals surface area contributed by atoms with Gasteiger partial charge in [-0.2, -0.15) is 0 Å². The van der Waals surface area contributed by atoms with Crippen molar-refractivity contribution in [1.29, 1.82) is 0 Å². The lowest BCUT2D eigenvalue weighted by molar-refractivity contribution is 0.242. The van der Waals surface area contributed by atoms with Crippen LogP contribution in [0.15, 0.2) is 30.3 Å². The second kappa shape index (κ2) is 6.74. The molecule has 0 spiro atoms. The molecule has 0 heterocycles. The minimum absolute atomic E-state index is 0.232. The van der Waals surface area contributed by atoms with E-state index in [2.05, 4.69) is 41.1 Å². The SMILES string of the molecule is CC(=CCCBr)c1ccc(OC(C)C)cc1. The van der Waals surface area contributed by atoms with Crippen molar-refractivity contribution in [3.05, 3.63) is 35.9 Å². The van der Waals surface area contributed by atoms with Gasteiger partial charge in [0, 0.05) is 5.33 Å². The summed E-state index contributed by atoms with van der Waals surface area (Å²) in [6.07, 6.45) is 3.54. The van der Waals surface area contributed by atoms with Gasteiger partial charge in [0.1, 0.15) is 5.75 Å². The van der Waals surface area contributed by atoms with Crippen molar-refractivity contribution in [2.75, 3.05) is 5.33 Å². The van der Waals surface area contributed by atoms with Gasteiger partial charge in [0.25, 0.3) is 0 Å². The summed E-state index contributed by atoms with van der Waals surface area (Å²) >= 11 is 3.42. The number of benzene rings is 1. The molecule has 2 heteroatoms. The van der Waals surface area contributed by atoms with Crippen molar-refractivity contribution in [2.24, 2.45) is 0 Å². The zero-order valence-corrected chi connectivity index (χ0v) is 11.8. The molecule has 88 valence electrons. The number of ether oxygens (including phenoxy) is 1. The normalized spacial score (nSPS) is 11.9. The van der Waals surface area contributed by atoms with E-state index in [1.54, 1.807) is 0 Å². The molecular formula is C14H19BrO. The number of rotatable bonds is 5. The molecule has 16 heavy (non-hydrogen) atoms. The van der Waals surface area contributed by atoms with Gasteiger partial charge in [-0.3, -0.25) is 0 Å². The highest BCUT2D eigenvalue weighted by molar-refractivity contribution is 9.09. The van der Waals surface area contributed by atoms with Crippen LogP contribution >= 0.6 is 15.9 Å². The zero-order valence-electron chi connectivity index (χ0n) is 10.2. The second-order valence-corrected chi connectivity index (χ2v) is 4.85. The van der Waals surface area contributed by atoms with E-state index in [1.807, 2.05) is 26.0 Å². The molecule has 0 bridgehead atoms. The predicted molar refractivity (Wildman–Crippen MR) is 74.3 cm³/mol. The molecule has 0 amide bonds. The summed E-state index contributed by atoms with van der Waals surface area (Å²) in [5.74, 6) is 0.937. The number of hydrogen-bond donors (Lipinski definition) is 0. The summed E-state index contributed by atoms with van der Waals surface area (Å²) in [4.78, 5) is 0. The lowest BCUT2D eigenvalue weighted by atomic mass is 10.1. The van der Waals surface area contributed by atoms with Crippen molar-refractivity contribution in [1.82, 2.24) is 0 Å². The lowest BCUT2D eigenvalue weighted by Crippen LogP contribution is -2.05. The Labute approximate surface area is 107 Å². The molecule has 0 saturated carbocycles. The first kappa shape index (κ1) is 13.3. The van der Waals surface area contributed by atoms with Crippen LogP contribution in [0.5, 0.6) is 5.75 Å². The van der Waals surface area contributed by atoms with Crippen LogP contribution in [0.25, 0.3) is 5.57 Å². The van der Waals surface area contributed by atoms with E-state index in [1.165, 1.54) is 11.1 Å². The minimum atomic E-state index is 0.232. The Bertz CT molecular complexity index is 338. The third kappa shape index (κ3) is 4.40. The van der Waals surface area contributed by atoms with Crippen LogP contribution in [-0.2, 0) is 0 Å². The van der Waals surface area contributed by atoms with Gasteiger partial charge in [0.2, 0.25) is 0 Å². The summed E-state index contributed by atoms with van der Waals surface area (Å²) in [6, 6.07) is 8.27. The second-order valence-electron chi connectivity index (χ2n) is 4.06. The molecule has 0 aliphatic heterocycles. The number of halogens is 1. The molecule has 0 N–H and O–H groups in total. The molecule has 1 rings (SSSR count). The highest BCUT2D eigenvalue weighted by Gasteiger charge is 1.99. The Morgan fingerprint density at radius 1 is 1.31 bits per heavy atom. The fraction of sp³-hybridized carbons (Fsp3) is 0.429. The largest absolute Gasteiger partial charge is 0.491 e. The summed E-state index contributed by atoms with van der Waals surface area (Å²) in [7, 11) is 0. The van der Waals surface area contributed by atoms with Gasteiger partial charge in [-0.25, -0.2) is 0 Å². The average molecular weight is 283 g/mol. The zero-order chi connectivity index (χ0) is 12.0. The van der Waals surface area contributed by atoms with Crippen LogP contribution in [0.2, 0.25) is 0 Å². The van der Waals surface area contributed by atoms with E-state index in [9.17, 15) is 0 Å². The van der Waals surface area contributed by atoms with Crippen LogP contribution in [0.4, 0.5) is 0 Å². The fourth-order valence-corrected chi connectivity index (χ4v) is 1.69. The maximum atomic E-state index is 5.60. The van der Waals surface area contributed by atoms with E-state index in [0.717, 1.165) is 17.5 Å². The molecule has 0 unspecified atom stereocenters. The Balaban J connectivity index is 2.70. The first-order chi connectivity index (χ1) is 7.63. The van der Waals surface area contributed by atoms with Gasteiger partial charge in [0.05, 0.1) is 6.10 Å². The van der Waals surface area contributed by atoms with Gasteiger partial charge in [-0.1, -0.05) is 34.1 Å². The molecule has 0 fully saturated rings. The molecule has 1 aromatic rings. The van der Waals surface area contributed by atoms with Crippen LogP contribution < -0.4 is 4.74 Å². The Hall–Kier alpha value is -0.760. The number of allylic oxidation sites excluding steroid dienone is 2. The Kier molecular flexibility index (Phi) is 5.61. The van der Waals surface area contributed by atoms with E-state index >= 15 is 0 Å². The monoisotopic (exact) mass is 282 g/mol. The third-order valence-electron chi connectivity index (χ3n) is 2.24. The van der Waals surface area contributed by atoms with Crippen molar-refractivity contribution in [3.8, 4) is 5.75 Å². The molecule has 0 aliphatic rings. The molecule has 0 radical (unpaired) electrons. The maximum absolute atomic E-state index is 5.60. The summed E-state index contributed by atoms with van der Waals surface area (Å²) in [6.45, 7) is 6.21. The van der Waals surface area contributed by atoms with Crippen LogP contribution in [0.1, 0.15) is 32.8 Å². The standard InChI is InChI=1S/C14H19BrO/c1-11(2)16-14-8-6-13(7-9-14)12(3)5-4-10-15/h5-9,11H,4,10H2,1-3H3. The molecular weight excluding hydrogens is 264 g/mol.